The third-order valence-corrected chi connectivity index (χ3v) is 6.44. The zero-order valence-corrected chi connectivity index (χ0v) is 11.8. The Labute approximate surface area is 122 Å². The summed E-state index contributed by atoms with van der Waals surface area (Å²) in [4.78, 5) is 12.5. The van der Waals surface area contributed by atoms with Crippen LogP contribution in [-0.4, -0.2) is 27.7 Å². The summed E-state index contributed by atoms with van der Waals surface area (Å²) in [6, 6.07) is 3.60. The van der Waals surface area contributed by atoms with Crippen LogP contribution in [0.15, 0.2) is 12.1 Å². The van der Waals surface area contributed by atoms with E-state index in [2.05, 4.69) is 0 Å². The minimum absolute atomic E-state index is 0.0729. The average Bonchev–Trinajstić information content (AvgIpc) is 2.80. The first-order valence-electron chi connectivity index (χ1n) is 7.85. The Hall–Kier alpha value is -1.55. The molecule has 4 aliphatic rings. The maximum atomic E-state index is 12.5. The van der Waals surface area contributed by atoms with Gasteiger partial charge < -0.3 is 14.9 Å². The molecule has 5 rings (SSSR count). The third kappa shape index (κ3) is 1.10. The molecule has 3 aliphatic carbocycles. The molecule has 2 fully saturated rings. The molecule has 21 heavy (non-hydrogen) atoms. The molecule has 110 valence electrons. The van der Waals surface area contributed by atoms with Gasteiger partial charge in [0.25, 0.3) is 0 Å². The minimum Gasteiger partial charge on any atom is -0.504 e. The minimum atomic E-state index is -0.851. The number of benzene rings is 1. The first kappa shape index (κ1) is 12.0. The van der Waals surface area contributed by atoms with Gasteiger partial charge >= 0.3 is 0 Å². The van der Waals surface area contributed by atoms with E-state index in [9.17, 15) is 15.0 Å². The number of carbonyl (C=O) groups is 1. The number of phenols is 1. The van der Waals surface area contributed by atoms with Gasteiger partial charge in [-0.15, -0.1) is 0 Å². The van der Waals surface area contributed by atoms with Gasteiger partial charge in [0.15, 0.2) is 23.4 Å². The molecule has 0 saturated heterocycles. The van der Waals surface area contributed by atoms with E-state index in [0.717, 1.165) is 36.8 Å². The molecule has 4 nitrogen and oxygen atoms in total. The Morgan fingerprint density at radius 1 is 1.29 bits per heavy atom. The first-order valence-corrected chi connectivity index (χ1v) is 7.85. The van der Waals surface area contributed by atoms with Gasteiger partial charge in [0, 0.05) is 12.0 Å². The highest BCUT2D eigenvalue weighted by atomic mass is 16.5. The van der Waals surface area contributed by atoms with Crippen LogP contribution in [-0.2, 0) is 16.6 Å². The molecule has 0 amide bonds. The van der Waals surface area contributed by atoms with Crippen molar-refractivity contribution in [1.29, 1.82) is 0 Å². The summed E-state index contributed by atoms with van der Waals surface area (Å²) in [7, 11) is 0. The van der Waals surface area contributed by atoms with Crippen LogP contribution in [0, 0.1) is 5.92 Å². The molecule has 0 aromatic heterocycles. The number of Topliss-reactive ketones (excluding diaryl/α,β-unsaturated/α-hetero) is 1. The average molecular weight is 286 g/mol. The molecule has 1 aliphatic heterocycles. The monoisotopic (exact) mass is 286 g/mol. The van der Waals surface area contributed by atoms with Gasteiger partial charge in [0.05, 0.1) is 11.0 Å². The zero-order chi connectivity index (χ0) is 14.4. The van der Waals surface area contributed by atoms with Gasteiger partial charge in [-0.05, 0) is 43.2 Å². The molecular formula is C17H18O4. The maximum Gasteiger partial charge on any atom is 0.174 e. The fraction of sp³-hybridized carbons (Fsp3) is 0.588. The van der Waals surface area contributed by atoms with Gasteiger partial charge in [-0.3, -0.25) is 4.79 Å². The predicted molar refractivity (Wildman–Crippen MR) is 74.4 cm³/mol. The largest absolute Gasteiger partial charge is 0.504 e. The summed E-state index contributed by atoms with van der Waals surface area (Å²) in [5, 5.41) is 21.7. The van der Waals surface area contributed by atoms with E-state index >= 15 is 0 Å². The maximum absolute atomic E-state index is 12.5. The number of phenolic OH excluding ortho intramolecular Hbond substituents is 1. The van der Waals surface area contributed by atoms with E-state index in [1.165, 1.54) is 0 Å². The highest BCUT2D eigenvalue weighted by Gasteiger charge is 2.71. The zero-order valence-electron chi connectivity index (χ0n) is 11.8. The summed E-state index contributed by atoms with van der Waals surface area (Å²) < 4.78 is 5.93. The standard InChI is InChI=1S/C17H18O4/c18-11-4-3-9-8-10-2-1-6-16-13(9)14(11)21-15(16)12(19)5-7-17(10,16)20/h3-4,10,15,18,20H,1-2,5-8H2/t10-,15?,16+,17?/m1/s1. The molecule has 2 saturated carbocycles. The first-order chi connectivity index (χ1) is 10.1. The number of ketones is 1. The number of carbonyl (C=O) groups excluding carboxylic acids is 1. The van der Waals surface area contributed by atoms with Crippen molar-refractivity contribution in [2.45, 2.75) is 55.6 Å². The van der Waals surface area contributed by atoms with Crippen LogP contribution in [0.5, 0.6) is 11.5 Å². The molecule has 2 unspecified atom stereocenters. The van der Waals surface area contributed by atoms with Crippen LogP contribution in [0.4, 0.5) is 0 Å². The summed E-state index contributed by atoms with van der Waals surface area (Å²) in [6.07, 6.45) is 3.92. The molecular weight excluding hydrogens is 268 g/mol. The van der Waals surface area contributed by atoms with Crippen molar-refractivity contribution in [2.24, 2.45) is 5.92 Å². The van der Waals surface area contributed by atoms with Crippen molar-refractivity contribution < 1.29 is 19.7 Å². The lowest BCUT2D eigenvalue weighted by atomic mass is 9.46. The Morgan fingerprint density at radius 3 is 3.00 bits per heavy atom. The van der Waals surface area contributed by atoms with Crippen LogP contribution in [0.2, 0.25) is 0 Å². The van der Waals surface area contributed by atoms with Crippen LogP contribution < -0.4 is 4.74 Å². The second-order valence-corrected chi connectivity index (χ2v) is 7.10. The fourth-order valence-corrected chi connectivity index (χ4v) is 5.64. The number of hydrogen-bond donors (Lipinski definition) is 2. The lowest BCUT2D eigenvalue weighted by Gasteiger charge is -2.59. The molecule has 1 aromatic rings. The van der Waals surface area contributed by atoms with Crippen LogP contribution in [0.3, 0.4) is 0 Å². The normalized spacial score (nSPS) is 42.4. The van der Waals surface area contributed by atoms with Crippen LogP contribution in [0.25, 0.3) is 0 Å². The lowest BCUT2D eigenvalue weighted by molar-refractivity contribution is -0.177. The van der Waals surface area contributed by atoms with E-state index in [0.29, 0.717) is 18.6 Å². The number of aromatic hydroxyl groups is 1. The van der Waals surface area contributed by atoms with E-state index < -0.39 is 17.1 Å². The van der Waals surface area contributed by atoms with E-state index in [-0.39, 0.29) is 17.5 Å². The summed E-state index contributed by atoms with van der Waals surface area (Å²) >= 11 is 0. The van der Waals surface area contributed by atoms with Crippen molar-refractivity contribution >= 4 is 5.78 Å². The predicted octanol–water partition coefficient (Wildman–Crippen LogP) is 1.84. The lowest BCUT2D eigenvalue weighted by Crippen LogP contribution is -2.69. The molecule has 0 radical (unpaired) electrons. The second-order valence-electron chi connectivity index (χ2n) is 7.10. The fourth-order valence-electron chi connectivity index (χ4n) is 5.64. The number of rotatable bonds is 0. The van der Waals surface area contributed by atoms with Crippen molar-refractivity contribution in [1.82, 2.24) is 0 Å². The Kier molecular flexibility index (Phi) is 1.97. The van der Waals surface area contributed by atoms with Gasteiger partial charge in [0.1, 0.15) is 0 Å². The summed E-state index contributed by atoms with van der Waals surface area (Å²) in [5.74, 6) is 0.820. The highest BCUT2D eigenvalue weighted by molar-refractivity contribution is 5.89. The molecule has 1 heterocycles. The topological polar surface area (TPSA) is 66.8 Å². The molecule has 2 bridgehead atoms. The second kappa shape index (κ2) is 3.43. The molecule has 2 N–H and O–H groups in total. The number of aliphatic hydroxyl groups is 1. The quantitative estimate of drug-likeness (QED) is 0.763. The van der Waals surface area contributed by atoms with Crippen molar-refractivity contribution in [3.8, 4) is 11.5 Å². The van der Waals surface area contributed by atoms with Crippen LogP contribution >= 0.6 is 0 Å². The van der Waals surface area contributed by atoms with Gasteiger partial charge in [-0.1, -0.05) is 12.5 Å². The smallest absolute Gasteiger partial charge is 0.174 e. The van der Waals surface area contributed by atoms with Crippen molar-refractivity contribution in [3.05, 3.63) is 23.3 Å². The Morgan fingerprint density at radius 2 is 2.14 bits per heavy atom. The van der Waals surface area contributed by atoms with Gasteiger partial charge in [-0.25, -0.2) is 0 Å². The molecule has 4 heteroatoms. The third-order valence-electron chi connectivity index (χ3n) is 6.44. The van der Waals surface area contributed by atoms with Crippen LogP contribution in [0.1, 0.15) is 43.2 Å². The number of hydrogen-bond acceptors (Lipinski definition) is 4. The Bertz CT molecular complexity index is 682. The molecule has 1 spiro atoms. The van der Waals surface area contributed by atoms with E-state index in [4.69, 9.17) is 4.74 Å². The van der Waals surface area contributed by atoms with Crippen molar-refractivity contribution in [3.63, 3.8) is 0 Å². The summed E-state index contributed by atoms with van der Waals surface area (Å²) in [6.45, 7) is 0. The SMILES string of the molecule is O=C1CCC2(O)[C@@H]3CCC[C@@]24c2c(ccc(O)c2OC14)C3. The van der Waals surface area contributed by atoms with Gasteiger partial charge in [0.2, 0.25) is 0 Å². The Balaban J connectivity index is 1.89. The molecule has 4 atom stereocenters. The van der Waals surface area contributed by atoms with Crippen molar-refractivity contribution in [2.75, 3.05) is 0 Å². The molecule has 1 aromatic carbocycles. The van der Waals surface area contributed by atoms with Gasteiger partial charge in [-0.2, -0.15) is 0 Å². The number of ether oxygens (including phenoxy) is 1. The summed E-state index contributed by atoms with van der Waals surface area (Å²) in [5.41, 5.74) is 0.608. The van der Waals surface area contributed by atoms with E-state index in [1.54, 1.807) is 6.07 Å². The highest BCUT2D eigenvalue weighted by Crippen LogP contribution is 2.66. The van der Waals surface area contributed by atoms with E-state index in [1.807, 2.05) is 6.07 Å².